The number of hydrogen-bond donors (Lipinski definition) is 1. The van der Waals surface area contributed by atoms with Crippen molar-refractivity contribution in [2.75, 3.05) is 7.11 Å². The molecule has 1 aromatic carbocycles. The van der Waals surface area contributed by atoms with Gasteiger partial charge < -0.3 is 10.1 Å². The summed E-state index contributed by atoms with van der Waals surface area (Å²) in [6.45, 7) is 0.466. The Bertz CT molecular complexity index is 497. The molecule has 0 aliphatic rings. The van der Waals surface area contributed by atoms with Crippen molar-refractivity contribution in [2.24, 2.45) is 0 Å². The van der Waals surface area contributed by atoms with Crippen LogP contribution in [-0.4, -0.2) is 18.0 Å². The predicted molar refractivity (Wildman–Crippen MR) is 66.3 cm³/mol. The van der Waals surface area contributed by atoms with Gasteiger partial charge in [0.25, 0.3) is 5.91 Å². The number of carbonyl (C=O) groups is 1. The largest absolute Gasteiger partial charge is 0.497 e. The Morgan fingerprint density at radius 1 is 1.53 bits per heavy atom. The molecule has 0 unspecified atom stereocenters. The Kier molecular flexibility index (Phi) is 3.72. The van der Waals surface area contributed by atoms with Crippen LogP contribution < -0.4 is 10.1 Å². The number of methoxy groups -OCH3 is 1. The van der Waals surface area contributed by atoms with Crippen molar-refractivity contribution >= 4 is 17.2 Å². The van der Waals surface area contributed by atoms with Crippen LogP contribution >= 0.6 is 11.3 Å². The van der Waals surface area contributed by atoms with Crippen molar-refractivity contribution in [3.63, 3.8) is 0 Å². The molecule has 0 saturated heterocycles. The van der Waals surface area contributed by atoms with Crippen molar-refractivity contribution in [3.8, 4) is 5.75 Å². The number of hydrogen-bond acceptors (Lipinski definition) is 4. The number of amides is 1. The van der Waals surface area contributed by atoms with Crippen molar-refractivity contribution in [1.29, 1.82) is 0 Å². The Labute approximate surface area is 103 Å². The van der Waals surface area contributed by atoms with Gasteiger partial charge in [0, 0.05) is 11.9 Å². The number of rotatable bonds is 4. The summed E-state index contributed by atoms with van der Waals surface area (Å²) in [5.41, 5.74) is 3.09. The first-order chi connectivity index (χ1) is 8.29. The van der Waals surface area contributed by atoms with E-state index in [1.54, 1.807) is 18.0 Å². The van der Waals surface area contributed by atoms with Crippen LogP contribution in [0.3, 0.4) is 0 Å². The molecular formula is C12H12N2O2S. The van der Waals surface area contributed by atoms with Crippen LogP contribution in [0.25, 0.3) is 0 Å². The van der Waals surface area contributed by atoms with Crippen molar-refractivity contribution in [1.82, 2.24) is 10.3 Å². The van der Waals surface area contributed by atoms with Gasteiger partial charge in [0.2, 0.25) is 0 Å². The maximum absolute atomic E-state index is 11.6. The summed E-state index contributed by atoms with van der Waals surface area (Å²) in [5.74, 6) is 0.625. The number of aromatic nitrogens is 1. The highest BCUT2D eigenvalue weighted by Gasteiger charge is 2.06. The molecule has 4 nitrogen and oxygen atoms in total. The fourth-order valence-corrected chi connectivity index (χ4v) is 1.91. The Morgan fingerprint density at radius 2 is 2.41 bits per heavy atom. The lowest BCUT2D eigenvalue weighted by molar-refractivity contribution is 0.0946. The second-order valence-electron chi connectivity index (χ2n) is 3.41. The van der Waals surface area contributed by atoms with Crippen LogP contribution in [0.5, 0.6) is 5.75 Å². The van der Waals surface area contributed by atoms with Gasteiger partial charge in [-0.25, -0.2) is 4.98 Å². The monoisotopic (exact) mass is 248 g/mol. The summed E-state index contributed by atoms with van der Waals surface area (Å²) in [4.78, 5) is 15.6. The second kappa shape index (κ2) is 5.45. The van der Waals surface area contributed by atoms with Crippen LogP contribution in [0.4, 0.5) is 0 Å². The predicted octanol–water partition coefficient (Wildman–Crippen LogP) is 2.08. The summed E-state index contributed by atoms with van der Waals surface area (Å²) in [5, 5.41) is 4.53. The van der Waals surface area contributed by atoms with E-state index < -0.39 is 0 Å². The van der Waals surface area contributed by atoms with Crippen LogP contribution in [0.15, 0.2) is 35.2 Å². The Hall–Kier alpha value is -1.88. The smallest absolute Gasteiger partial charge is 0.271 e. The maximum Gasteiger partial charge on any atom is 0.271 e. The fraction of sp³-hybridized carbons (Fsp3) is 0.167. The summed E-state index contributed by atoms with van der Waals surface area (Å²) < 4.78 is 5.11. The van der Waals surface area contributed by atoms with E-state index >= 15 is 0 Å². The molecule has 0 bridgehead atoms. The van der Waals surface area contributed by atoms with E-state index in [1.165, 1.54) is 11.3 Å². The van der Waals surface area contributed by atoms with E-state index in [0.29, 0.717) is 12.2 Å². The highest BCUT2D eigenvalue weighted by atomic mass is 32.1. The quantitative estimate of drug-likeness (QED) is 0.901. The standard InChI is InChI=1S/C12H12N2O2S/c1-16-10-4-2-3-9(5-10)6-13-12(15)11-7-17-8-14-11/h2-5,7-8H,6H2,1H3,(H,13,15). The van der Waals surface area contributed by atoms with Crippen molar-refractivity contribution in [3.05, 3.63) is 46.4 Å². The van der Waals surface area contributed by atoms with Crippen molar-refractivity contribution in [2.45, 2.75) is 6.54 Å². The van der Waals surface area contributed by atoms with Crippen LogP contribution in [-0.2, 0) is 6.54 Å². The summed E-state index contributed by atoms with van der Waals surface area (Å²) in [7, 11) is 1.62. The maximum atomic E-state index is 11.6. The molecule has 5 heteroatoms. The zero-order valence-corrected chi connectivity index (χ0v) is 10.2. The molecule has 0 aliphatic carbocycles. The van der Waals surface area contributed by atoms with Gasteiger partial charge in [-0.3, -0.25) is 4.79 Å². The molecular weight excluding hydrogens is 236 g/mol. The molecule has 1 amide bonds. The molecule has 0 aliphatic heterocycles. The van der Waals surface area contributed by atoms with E-state index in [2.05, 4.69) is 10.3 Å². The zero-order chi connectivity index (χ0) is 12.1. The van der Waals surface area contributed by atoms with Crippen LogP contribution in [0, 0.1) is 0 Å². The Balaban J connectivity index is 1.95. The lowest BCUT2D eigenvalue weighted by atomic mass is 10.2. The molecule has 0 radical (unpaired) electrons. The van der Waals surface area contributed by atoms with Gasteiger partial charge in [-0.05, 0) is 17.7 Å². The summed E-state index contributed by atoms with van der Waals surface area (Å²) in [6.07, 6.45) is 0. The number of nitrogens with zero attached hydrogens (tertiary/aromatic N) is 1. The van der Waals surface area contributed by atoms with E-state index in [1.807, 2.05) is 24.3 Å². The van der Waals surface area contributed by atoms with Crippen LogP contribution in [0.1, 0.15) is 16.1 Å². The van der Waals surface area contributed by atoms with Gasteiger partial charge in [0.05, 0.1) is 12.6 Å². The topological polar surface area (TPSA) is 51.2 Å². The van der Waals surface area contributed by atoms with Gasteiger partial charge in [0.15, 0.2) is 0 Å². The minimum Gasteiger partial charge on any atom is -0.497 e. The highest BCUT2D eigenvalue weighted by molar-refractivity contribution is 7.07. The number of carbonyl (C=O) groups excluding carboxylic acids is 1. The van der Waals surface area contributed by atoms with Gasteiger partial charge in [-0.15, -0.1) is 11.3 Å². The molecule has 0 spiro atoms. The third-order valence-corrected chi connectivity index (χ3v) is 2.84. The molecule has 2 aromatic rings. The van der Waals surface area contributed by atoms with Gasteiger partial charge in [0.1, 0.15) is 11.4 Å². The summed E-state index contributed by atoms with van der Waals surface area (Å²) in [6, 6.07) is 7.58. The molecule has 1 heterocycles. The fourth-order valence-electron chi connectivity index (χ4n) is 1.38. The minimum atomic E-state index is -0.158. The lowest BCUT2D eigenvalue weighted by Gasteiger charge is -2.05. The van der Waals surface area contributed by atoms with E-state index in [-0.39, 0.29) is 5.91 Å². The SMILES string of the molecule is COc1cccc(CNC(=O)c2cscn2)c1. The van der Waals surface area contributed by atoms with E-state index in [9.17, 15) is 4.79 Å². The molecule has 1 N–H and O–H groups in total. The van der Waals surface area contributed by atoms with Gasteiger partial charge >= 0.3 is 0 Å². The molecule has 1 aromatic heterocycles. The lowest BCUT2D eigenvalue weighted by Crippen LogP contribution is -2.22. The highest BCUT2D eigenvalue weighted by Crippen LogP contribution is 2.12. The number of thiazole rings is 1. The molecule has 17 heavy (non-hydrogen) atoms. The molecule has 0 fully saturated rings. The first-order valence-electron chi connectivity index (χ1n) is 5.09. The van der Waals surface area contributed by atoms with Gasteiger partial charge in [-0.2, -0.15) is 0 Å². The molecule has 88 valence electrons. The molecule has 2 rings (SSSR count). The first-order valence-corrected chi connectivity index (χ1v) is 6.03. The Morgan fingerprint density at radius 3 is 3.12 bits per heavy atom. The average Bonchev–Trinajstić information content (AvgIpc) is 2.90. The minimum absolute atomic E-state index is 0.158. The van der Waals surface area contributed by atoms with E-state index in [4.69, 9.17) is 4.74 Å². The van der Waals surface area contributed by atoms with Crippen molar-refractivity contribution < 1.29 is 9.53 Å². The first kappa shape index (κ1) is 11.6. The zero-order valence-electron chi connectivity index (χ0n) is 9.34. The van der Waals surface area contributed by atoms with E-state index in [0.717, 1.165) is 11.3 Å². The number of ether oxygens (including phenoxy) is 1. The third-order valence-electron chi connectivity index (χ3n) is 2.25. The molecule has 0 atom stereocenters. The number of nitrogens with one attached hydrogen (secondary N) is 1. The molecule has 0 saturated carbocycles. The second-order valence-corrected chi connectivity index (χ2v) is 4.13. The number of benzene rings is 1. The summed E-state index contributed by atoms with van der Waals surface area (Å²) >= 11 is 1.40. The van der Waals surface area contributed by atoms with Crippen LogP contribution in [0.2, 0.25) is 0 Å². The average molecular weight is 248 g/mol. The van der Waals surface area contributed by atoms with Gasteiger partial charge in [-0.1, -0.05) is 12.1 Å². The normalized spacial score (nSPS) is 9.94. The third kappa shape index (κ3) is 3.04.